The molecule has 17 heavy (non-hydrogen) atoms. The Morgan fingerprint density at radius 2 is 2.41 bits per heavy atom. The lowest BCUT2D eigenvalue weighted by Gasteiger charge is -2.22. The van der Waals surface area contributed by atoms with E-state index < -0.39 is 11.6 Å². The average Bonchev–Trinajstić information content (AvgIpc) is 2.66. The predicted octanol–water partition coefficient (Wildman–Crippen LogP) is 2.68. The molecule has 4 nitrogen and oxygen atoms in total. The lowest BCUT2D eigenvalue weighted by atomic mass is 9.92. The maximum atomic E-state index is 11.6. The molecule has 0 radical (unpaired) electrons. The van der Waals surface area contributed by atoms with Gasteiger partial charge in [0, 0.05) is 5.56 Å². The number of ether oxygens (including phenoxy) is 2. The number of carbonyl (C=O) groups excluding carboxylic acids is 1. The highest BCUT2D eigenvalue weighted by Crippen LogP contribution is 2.40. The quantitative estimate of drug-likeness (QED) is 0.602. The summed E-state index contributed by atoms with van der Waals surface area (Å²) in [5, 5.41) is 0.286. The van der Waals surface area contributed by atoms with E-state index in [1.54, 1.807) is 6.07 Å². The standard InChI is InChI=1S/C12H14ClNO3/c1-4-12(2)8-5-9(13)14-10(11(15)16-3)7(8)6-17-12/h5H,4,6H2,1-3H3. The minimum atomic E-state index is -0.479. The van der Waals surface area contributed by atoms with Crippen molar-refractivity contribution >= 4 is 17.6 Å². The van der Waals surface area contributed by atoms with E-state index in [1.165, 1.54) is 7.11 Å². The number of rotatable bonds is 2. The van der Waals surface area contributed by atoms with Crippen LogP contribution in [0.3, 0.4) is 0 Å². The molecule has 5 heteroatoms. The molecule has 0 spiro atoms. The van der Waals surface area contributed by atoms with Crippen LogP contribution in [0.15, 0.2) is 6.07 Å². The minimum absolute atomic E-state index is 0.257. The maximum Gasteiger partial charge on any atom is 0.357 e. The second-order valence-corrected chi connectivity index (χ2v) is 4.57. The molecule has 0 fully saturated rings. The number of carbonyl (C=O) groups is 1. The molecule has 0 saturated heterocycles. The topological polar surface area (TPSA) is 48.4 Å². The molecule has 2 rings (SSSR count). The summed E-state index contributed by atoms with van der Waals surface area (Å²) in [7, 11) is 1.33. The molecule has 0 N–H and O–H groups in total. The van der Waals surface area contributed by atoms with E-state index in [-0.39, 0.29) is 10.8 Å². The first-order valence-corrected chi connectivity index (χ1v) is 5.82. The lowest BCUT2D eigenvalue weighted by Crippen LogP contribution is -2.19. The van der Waals surface area contributed by atoms with Crippen LogP contribution in [0.4, 0.5) is 0 Å². The summed E-state index contributed by atoms with van der Waals surface area (Å²) in [6.07, 6.45) is 0.807. The van der Waals surface area contributed by atoms with E-state index in [0.29, 0.717) is 6.61 Å². The summed E-state index contributed by atoms with van der Waals surface area (Å²) >= 11 is 5.94. The minimum Gasteiger partial charge on any atom is -0.464 e. The SMILES string of the molecule is CCC1(C)OCc2c1cc(Cl)nc2C(=O)OC. The molecule has 0 bridgehead atoms. The van der Waals surface area contributed by atoms with Gasteiger partial charge in [0.2, 0.25) is 0 Å². The van der Waals surface area contributed by atoms with Gasteiger partial charge >= 0.3 is 5.97 Å². The van der Waals surface area contributed by atoms with Crippen LogP contribution in [0.5, 0.6) is 0 Å². The number of methoxy groups -OCH3 is 1. The Kier molecular flexibility index (Phi) is 3.10. The molecule has 1 unspecified atom stereocenters. The first kappa shape index (κ1) is 12.3. The van der Waals surface area contributed by atoms with Crippen molar-refractivity contribution in [2.45, 2.75) is 32.5 Å². The van der Waals surface area contributed by atoms with Gasteiger partial charge in [-0.15, -0.1) is 0 Å². The van der Waals surface area contributed by atoms with E-state index in [9.17, 15) is 4.79 Å². The van der Waals surface area contributed by atoms with Crippen LogP contribution < -0.4 is 0 Å². The molecule has 0 amide bonds. The number of fused-ring (bicyclic) bond motifs is 1. The maximum absolute atomic E-state index is 11.6. The van der Waals surface area contributed by atoms with Crippen LogP contribution in [-0.4, -0.2) is 18.1 Å². The molecule has 1 aromatic heterocycles. The Balaban J connectivity index is 2.60. The molecule has 0 aromatic carbocycles. The molecule has 1 aliphatic heterocycles. The molecule has 1 aliphatic rings. The third-order valence-corrected chi connectivity index (χ3v) is 3.44. The van der Waals surface area contributed by atoms with Crippen molar-refractivity contribution < 1.29 is 14.3 Å². The van der Waals surface area contributed by atoms with Crippen LogP contribution >= 0.6 is 11.6 Å². The van der Waals surface area contributed by atoms with Gasteiger partial charge in [-0.3, -0.25) is 0 Å². The Bertz CT molecular complexity index is 475. The highest BCUT2D eigenvalue weighted by Gasteiger charge is 2.37. The fourth-order valence-corrected chi connectivity index (χ4v) is 2.22. The van der Waals surface area contributed by atoms with E-state index in [0.717, 1.165) is 17.5 Å². The van der Waals surface area contributed by atoms with Gasteiger partial charge in [0.05, 0.1) is 19.3 Å². The second-order valence-electron chi connectivity index (χ2n) is 4.18. The van der Waals surface area contributed by atoms with Gasteiger partial charge in [-0.25, -0.2) is 9.78 Å². The summed E-state index contributed by atoms with van der Waals surface area (Å²) in [5.41, 5.74) is 1.57. The molecule has 1 aromatic rings. The van der Waals surface area contributed by atoms with Crippen molar-refractivity contribution in [2.75, 3.05) is 7.11 Å². The van der Waals surface area contributed by atoms with Crippen LogP contribution in [0.1, 0.15) is 41.9 Å². The third kappa shape index (κ3) is 1.91. The fraction of sp³-hybridized carbons (Fsp3) is 0.500. The summed E-state index contributed by atoms with van der Waals surface area (Å²) in [6, 6.07) is 1.76. The van der Waals surface area contributed by atoms with Crippen molar-refractivity contribution in [3.05, 3.63) is 28.0 Å². The smallest absolute Gasteiger partial charge is 0.357 e. The van der Waals surface area contributed by atoms with Gasteiger partial charge in [0.25, 0.3) is 0 Å². The third-order valence-electron chi connectivity index (χ3n) is 3.25. The Morgan fingerprint density at radius 1 is 1.71 bits per heavy atom. The number of aromatic nitrogens is 1. The first-order valence-electron chi connectivity index (χ1n) is 5.44. The van der Waals surface area contributed by atoms with Crippen molar-refractivity contribution in [2.24, 2.45) is 0 Å². The van der Waals surface area contributed by atoms with Gasteiger partial charge in [0.15, 0.2) is 5.69 Å². The van der Waals surface area contributed by atoms with E-state index >= 15 is 0 Å². The molecule has 2 heterocycles. The predicted molar refractivity (Wildman–Crippen MR) is 63.0 cm³/mol. The zero-order valence-electron chi connectivity index (χ0n) is 10.0. The van der Waals surface area contributed by atoms with E-state index in [1.807, 2.05) is 13.8 Å². The van der Waals surface area contributed by atoms with Crippen LogP contribution in [0.25, 0.3) is 0 Å². The molecular weight excluding hydrogens is 242 g/mol. The Morgan fingerprint density at radius 3 is 3.00 bits per heavy atom. The Labute approximate surface area is 105 Å². The zero-order valence-corrected chi connectivity index (χ0v) is 10.8. The Hall–Kier alpha value is -1.13. The number of pyridine rings is 1. The van der Waals surface area contributed by atoms with Gasteiger partial charge in [-0.1, -0.05) is 18.5 Å². The summed E-state index contributed by atoms with van der Waals surface area (Å²) < 4.78 is 10.4. The van der Waals surface area contributed by atoms with Crippen molar-refractivity contribution in [1.82, 2.24) is 4.98 Å². The molecule has 92 valence electrons. The number of hydrogen-bond acceptors (Lipinski definition) is 4. The summed E-state index contributed by atoms with van der Waals surface area (Å²) in [6.45, 7) is 4.38. The molecule has 0 aliphatic carbocycles. The van der Waals surface area contributed by atoms with Crippen molar-refractivity contribution in [3.8, 4) is 0 Å². The fourth-order valence-electron chi connectivity index (χ4n) is 2.03. The highest BCUT2D eigenvalue weighted by molar-refractivity contribution is 6.29. The number of nitrogens with zero attached hydrogens (tertiary/aromatic N) is 1. The molecular formula is C12H14ClNO3. The number of halogens is 1. The second kappa shape index (κ2) is 4.27. The summed E-state index contributed by atoms with van der Waals surface area (Å²) in [5.74, 6) is -0.479. The van der Waals surface area contributed by atoms with Crippen LogP contribution in [0.2, 0.25) is 5.15 Å². The van der Waals surface area contributed by atoms with E-state index in [2.05, 4.69) is 4.98 Å². The average molecular weight is 256 g/mol. The van der Waals surface area contributed by atoms with Gasteiger partial charge in [-0.2, -0.15) is 0 Å². The largest absolute Gasteiger partial charge is 0.464 e. The molecule has 0 saturated carbocycles. The zero-order chi connectivity index (χ0) is 12.6. The molecule has 1 atom stereocenters. The first-order chi connectivity index (χ1) is 8.01. The van der Waals surface area contributed by atoms with E-state index in [4.69, 9.17) is 21.1 Å². The van der Waals surface area contributed by atoms with Gasteiger partial charge in [-0.05, 0) is 25.0 Å². The monoisotopic (exact) mass is 255 g/mol. The number of hydrogen-bond donors (Lipinski definition) is 0. The van der Waals surface area contributed by atoms with Gasteiger partial charge < -0.3 is 9.47 Å². The lowest BCUT2D eigenvalue weighted by molar-refractivity contribution is -0.0261. The van der Waals surface area contributed by atoms with Crippen LogP contribution in [-0.2, 0) is 21.7 Å². The van der Waals surface area contributed by atoms with Crippen molar-refractivity contribution in [3.63, 3.8) is 0 Å². The summed E-state index contributed by atoms with van der Waals surface area (Å²) in [4.78, 5) is 15.7. The highest BCUT2D eigenvalue weighted by atomic mass is 35.5. The number of esters is 1. The normalized spacial score (nSPS) is 22.4. The van der Waals surface area contributed by atoms with Gasteiger partial charge in [0.1, 0.15) is 5.15 Å². The van der Waals surface area contributed by atoms with Crippen molar-refractivity contribution in [1.29, 1.82) is 0 Å². The van der Waals surface area contributed by atoms with Crippen LogP contribution in [0, 0.1) is 0 Å².